The van der Waals surface area contributed by atoms with Crippen LogP contribution in [-0.2, 0) is 0 Å². The molecule has 1 aromatic carbocycles. The Bertz CT molecular complexity index is 556. The smallest absolute Gasteiger partial charge is 0.139 e. The molecule has 19 heavy (non-hydrogen) atoms. The highest BCUT2D eigenvalue weighted by molar-refractivity contribution is 9.10. The van der Waals surface area contributed by atoms with E-state index >= 15 is 0 Å². The minimum absolute atomic E-state index is 0.186. The van der Waals surface area contributed by atoms with Gasteiger partial charge in [0.05, 0.1) is 16.8 Å². The summed E-state index contributed by atoms with van der Waals surface area (Å²) >= 11 is 6.93. The number of nitrogens with one attached hydrogen (secondary N) is 1. The van der Waals surface area contributed by atoms with Gasteiger partial charge in [-0.25, -0.2) is 4.39 Å². The molecular weight excluding hydrogens is 377 g/mol. The van der Waals surface area contributed by atoms with Crippen LogP contribution in [0.1, 0.15) is 30.7 Å². The van der Waals surface area contributed by atoms with E-state index in [0.29, 0.717) is 0 Å². The van der Waals surface area contributed by atoms with Gasteiger partial charge in [0.15, 0.2) is 0 Å². The number of hydrogen-bond acceptors (Lipinski definition) is 2. The monoisotopic (exact) mass is 389 g/mol. The first-order valence-corrected chi connectivity index (χ1v) is 7.63. The fourth-order valence-electron chi connectivity index (χ4n) is 1.88. The second-order valence-corrected chi connectivity index (χ2v) is 5.89. The first-order chi connectivity index (χ1) is 9.13. The van der Waals surface area contributed by atoms with Gasteiger partial charge in [0.1, 0.15) is 11.6 Å². The normalized spacial score (nSPS) is 12.6. The van der Waals surface area contributed by atoms with E-state index in [2.05, 4.69) is 44.1 Å². The van der Waals surface area contributed by atoms with E-state index in [0.717, 1.165) is 33.2 Å². The zero-order valence-electron chi connectivity index (χ0n) is 10.4. The molecular formula is C14H14Br2FNO. The zero-order valence-corrected chi connectivity index (χ0v) is 13.6. The highest BCUT2D eigenvalue weighted by Crippen LogP contribution is 2.33. The lowest BCUT2D eigenvalue weighted by atomic mass is 10.0. The molecule has 1 N–H and O–H groups in total. The molecule has 0 fully saturated rings. The zero-order chi connectivity index (χ0) is 13.8. The Morgan fingerprint density at radius 3 is 2.68 bits per heavy atom. The van der Waals surface area contributed by atoms with Gasteiger partial charge < -0.3 is 9.73 Å². The van der Waals surface area contributed by atoms with E-state index < -0.39 is 0 Å². The summed E-state index contributed by atoms with van der Waals surface area (Å²) in [7, 11) is 0. The molecule has 0 spiro atoms. The Hall–Kier alpha value is -0.650. The van der Waals surface area contributed by atoms with Gasteiger partial charge in [0.25, 0.3) is 0 Å². The maximum Gasteiger partial charge on any atom is 0.139 e. The molecule has 2 rings (SSSR count). The summed E-state index contributed by atoms with van der Waals surface area (Å²) < 4.78 is 20.7. The molecule has 0 radical (unpaired) electrons. The summed E-state index contributed by atoms with van der Waals surface area (Å²) in [5.74, 6) is 0.490. The average Bonchev–Trinajstić information content (AvgIpc) is 2.80. The van der Waals surface area contributed by atoms with E-state index in [4.69, 9.17) is 4.42 Å². The van der Waals surface area contributed by atoms with Crippen molar-refractivity contribution in [1.29, 1.82) is 0 Å². The number of furan rings is 1. The molecule has 0 aliphatic carbocycles. The minimum Gasteiger partial charge on any atom is -0.466 e. The molecule has 1 heterocycles. The standard InChI is InChI=1S/C14H14Br2FNO/c1-2-6-18-13(14-12(16)5-7-19-14)10-8-9(17)3-4-11(10)15/h3-5,7-8,13,18H,2,6H2,1H3. The predicted molar refractivity (Wildman–Crippen MR) is 80.6 cm³/mol. The van der Waals surface area contributed by atoms with Crippen molar-refractivity contribution in [2.45, 2.75) is 19.4 Å². The summed E-state index contributed by atoms with van der Waals surface area (Å²) in [6, 6.07) is 6.31. The van der Waals surface area contributed by atoms with Crippen LogP contribution in [0.2, 0.25) is 0 Å². The molecule has 2 nitrogen and oxygen atoms in total. The Morgan fingerprint density at radius 1 is 1.26 bits per heavy atom. The van der Waals surface area contributed by atoms with Crippen LogP contribution in [0.5, 0.6) is 0 Å². The average molecular weight is 391 g/mol. The summed E-state index contributed by atoms with van der Waals surface area (Å²) in [6.07, 6.45) is 2.61. The van der Waals surface area contributed by atoms with Gasteiger partial charge in [0, 0.05) is 4.47 Å². The molecule has 0 bridgehead atoms. The molecule has 2 aromatic rings. The Balaban J connectivity index is 2.42. The molecule has 5 heteroatoms. The lowest BCUT2D eigenvalue weighted by Crippen LogP contribution is -2.23. The number of halogens is 3. The third-order valence-corrected chi connectivity index (χ3v) is 4.15. The second kappa shape index (κ2) is 6.68. The van der Waals surface area contributed by atoms with Crippen LogP contribution < -0.4 is 5.32 Å². The number of benzene rings is 1. The van der Waals surface area contributed by atoms with Gasteiger partial charge in [-0.3, -0.25) is 0 Å². The van der Waals surface area contributed by atoms with Gasteiger partial charge in [-0.15, -0.1) is 0 Å². The lowest BCUT2D eigenvalue weighted by molar-refractivity contribution is 0.442. The van der Waals surface area contributed by atoms with Crippen LogP contribution in [-0.4, -0.2) is 6.54 Å². The number of hydrogen-bond donors (Lipinski definition) is 1. The van der Waals surface area contributed by atoms with Crippen molar-refractivity contribution in [2.24, 2.45) is 0 Å². The van der Waals surface area contributed by atoms with Crippen molar-refractivity contribution in [3.8, 4) is 0 Å². The van der Waals surface area contributed by atoms with E-state index in [1.54, 1.807) is 12.3 Å². The van der Waals surface area contributed by atoms with Crippen molar-refractivity contribution in [2.75, 3.05) is 6.54 Å². The van der Waals surface area contributed by atoms with E-state index in [-0.39, 0.29) is 11.9 Å². The first-order valence-electron chi connectivity index (χ1n) is 6.04. The van der Waals surface area contributed by atoms with Crippen molar-refractivity contribution >= 4 is 31.9 Å². The molecule has 0 amide bonds. The van der Waals surface area contributed by atoms with Gasteiger partial charge >= 0.3 is 0 Å². The second-order valence-electron chi connectivity index (χ2n) is 4.19. The van der Waals surface area contributed by atoms with E-state index in [1.165, 1.54) is 12.1 Å². The Morgan fingerprint density at radius 2 is 2.05 bits per heavy atom. The molecule has 1 aromatic heterocycles. The van der Waals surface area contributed by atoms with Crippen molar-refractivity contribution < 1.29 is 8.81 Å². The molecule has 0 saturated carbocycles. The molecule has 0 saturated heterocycles. The van der Waals surface area contributed by atoms with E-state index in [9.17, 15) is 4.39 Å². The highest BCUT2D eigenvalue weighted by Gasteiger charge is 2.22. The van der Waals surface area contributed by atoms with Gasteiger partial charge in [-0.1, -0.05) is 22.9 Å². The van der Waals surface area contributed by atoms with Crippen LogP contribution in [0.4, 0.5) is 4.39 Å². The Kier molecular flexibility index (Phi) is 5.19. The van der Waals surface area contributed by atoms with Gasteiger partial charge in [0.2, 0.25) is 0 Å². The third kappa shape index (κ3) is 3.46. The molecule has 102 valence electrons. The summed E-state index contributed by atoms with van der Waals surface area (Å²) in [6.45, 7) is 2.91. The van der Waals surface area contributed by atoms with E-state index in [1.807, 2.05) is 6.07 Å². The fraction of sp³-hybridized carbons (Fsp3) is 0.286. The number of rotatable bonds is 5. The quantitative estimate of drug-likeness (QED) is 0.774. The predicted octanol–water partition coefficient (Wildman–Crippen LogP) is 5.03. The van der Waals surface area contributed by atoms with Gasteiger partial charge in [-0.05, 0) is 58.7 Å². The van der Waals surface area contributed by atoms with Crippen molar-refractivity contribution in [1.82, 2.24) is 5.32 Å². The van der Waals surface area contributed by atoms with Gasteiger partial charge in [-0.2, -0.15) is 0 Å². The highest BCUT2D eigenvalue weighted by atomic mass is 79.9. The van der Waals surface area contributed by atoms with Crippen molar-refractivity contribution in [3.63, 3.8) is 0 Å². The molecule has 1 unspecified atom stereocenters. The summed E-state index contributed by atoms with van der Waals surface area (Å²) in [5, 5.41) is 3.38. The fourth-order valence-corrected chi connectivity index (χ4v) is 2.79. The molecule has 0 aliphatic heterocycles. The maximum atomic E-state index is 13.5. The summed E-state index contributed by atoms with van der Waals surface area (Å²) in [4.78, 5) is 0. The third-order valence-electron chi connectivity index (χ3n) is 2.77. The molecule has 1 atom stereocenters. The minimum atomic E-state index is -0.260. The van der Waals surface area contributed by atoms with Crippen LogP contribution in [0.3, 0.4) is 0 Å². The summed E-state index contributed by atoms with van der Waals surface area (Å²) in [5.41, 5.74) is 0.823. The molecule has 0 aliphatic rings. The Labute approximate surface area is 128 Å². The first kappa shape index (κ1) is 14.8. The van der Waals surface area contributed by atoms with Crippen molar-refractivity contribution in [3.05, 3.63) is 56.6 Å². The topological polar surface area (TPSA) is 25.2 Å². The van der Waals surface area contributed by atoms with Crippen LogP contribution in [0.25, 0.3) is 0 Å². The lowest BCUT2D eigenvalue weighted by Gasteiger charge is -2.19. The maximum absolute atomic E-state index is 13.5. The SMILES string of the molecule is CCCNC(c1cc(F)ccc1Br)c1occc1Br. The van der Waals surface area contributed by atoms with Crippen LogP contribution in [0.15, 0.2) is 43.9 Å². The largest absolute Gasteiger partial charge is 0.466 e. The van der Waals surface area contributed by atoms with Crippen LogP contribution >= 0.6 is 31.9 Å². The van der Waals surface area contributed by atoms with Crippen LogP contribution in [0, 0.1) is 5.82 Å².